The van der Waals surface area contributed by atoms with E-state index in [0.717, 1.165) is 94.3 Å². The maximum atomic E-state index is 14.4. The van der Waals surface area contributed by atoms with Crippen molar-refractivity contribution in [2.24, 2.45) is 0 Å². The van der Waals surface area contributed by atoms with Gasteiger partial charge in [-0.3, -0.25) is 9.59 Å². The van der Waals surface area contributed by atoms with Gasteiger partial charge in [-0.15, -0.1) is 0 Å². The van der Waals surface area contributed by atoms with Crippen LogP contribution >= 0.6 is 0 Å². The highest BCUT2D eigenvalue weighted by Gasteiger charge is 2.27. The molecule has 2 aliphatic heterocycles. The minimum absolute atomic E-state index is 0.00742. The Bertz CT molecular complexity index is 1820. The lowest BCUT2D eigenvalue weighted by molar-refractivity contribution is 0.0887. The third-order valence-electron chi connectivity index (χ3n) is 10.5. The summed E-state index contributed by atoms with van der Waals surface area (Å²) in [5.41, 5.74) is 3.85. The van der Waals surface area contributed by atoms with E-state index >= 15 is 0 Å². The van der Waals surface area contributed by atoms with Crippen LogP contribution in [-0.2, 0) is 19.4 Å². The number of benzene rings is 2. The molecule has 0 radical (unpaired) electrons. The molecule has 10 nitrogen and oxygen atoms in total. The van der Waals surface area contributed by atoms with Gasteiger partial charge in [-0.25, -0.2) is 14.4 Å². The van der Waals surface area contributed by atoms with E-state index in [1.807, 2.05) is 24.4 Å². The van der Waals surface area contributed by atoms with Gasteiger partial charge in [0.25, 0.3) is 11.8 Å². The highest BCUT2D eigenvalue weighted by atomic mass is 19.1. The third-order valence-corrected chi connectivity index (χ3v) is 10.5. The van der Waals surface area contributed by atoms with Gasteiger partial charge < -0.3 is 30.2 Å². The molecule has 3 aliphatic rings. The fourth-order valence-electron chi connectivity index (χ4n) is 7.94. The molecule has 0 unspecified atom stereocenters. The molecule has 7 rings (SSSR count). The maximum absolute atomic E-state index is 14.4. The van der Waals surface area contributed by atoms with Crippen molar-refractivity contribution in [2.75, 3.05) is 19.6 Å². The SMILES string of the molecule is C[C@@H]1CN(CCCc2ccc(-c3cccc(Oc4ncc(F)cc4C(=O)N[C@H]4CC[C@@H](NC(=O)c5cn6c(n5)CCCC6)CC4)c3)cc2)C[C@H](C)N1. The number of nitrogens with zero attached hydrogens (tertiary/aromatic N) is 4. The number of piperazine rings is 1. The number of ether oxygens (including phenoxy) is 1. The predicted octanol–water partition coefficient (Wildman–Crippen LogP) is 6.30. The lowest BCUT2D eigenvalue weighted by Crippen LogP contribution is -2.54. The van der Waals surface area contributed by atoms with Crippen LogP contribution in [0.15, 0.2) is 67.0 Å². The Morgan fingerprint density at radius 2 is 1.65 bits per heavy atom. The first kappa shape index (κ1) is 35.8. The van der Waals surface area contributed by atoms with Gasteiger partial charge in [0, 0.05) is 56.4 Å². The standard InChI is InChI=1S/C41H50FN7O3/c1-27-24-48(25-28(2)44-27)19-6-7-29-11-13-30(14-12-29)31-8-5-9-35(21-31)52-41-36(22-32(42)23-43-41)39(50)45-33-15-17-34(18-16-33)46-40(51)37-26-49-20-4-3-10-38(49)47-37/h5,8-9,11-14,21-23,26-28,33-34,44H,3-4,6-7,10,15-20,24-25H2,1-2H3,(H,45,50)(H,46,51)/t27-,28+,33-,34+. The summed E-state index contributed by atoms with van der Waals surface area (Å²) in [5, 5.41) is 9.77. The van der Waals surface area contributed by atoms with Crippen LogP contribution in [0.5, 0.6) is 11.6 Å². The van der Waals surface area contributed by atoms with Crippen LogP contribution in [0.4, 0.5) is 4.39 Å². The maximum Gasteiger partial charge on any atom is 0.271 e. The van der Waals surface area contributed by atoms with Gasteiger partial charge >= 0.3 is 0 Å². The van der Waals surface area contributed by atoms with Crippen LogP contribution in [-0.4, -0.2) is 75.1 Å². The first-order valence-electron chi connectivity index (χ1n) is 18.9. The average Bonchev–Trinajstić information content (AvgIpc) is 3.58. The van der Waals surface area contributed by atoms with Crippen LogP contribution in [0.1, 0.15) is 91.0 Å². The number of aryl methyl sites for hydroxylation is 3. The van der Waals surface area contributed by atoms with Crippen LogP contribution in [0, 0.1) is 5.82 Å². The Kier molecular flexibility index (Phi) is 11.3. The van der Waals surface area contributed by atoms with Crippen LogP contribution in [0.2, 0.25) is 0 Å². The van der Waals surface area contributed by atoms with Gasteiger partial charge in [0.1, 0.15) is 28.6 Å². The van der Waals surface area contributed by atoms with E-state index in [-0.39, 0.29) is 29.4 Å². The zero-order valence-electron chi connectivity index (χ0n) is 30.2. The second kappa shape index (κ2) is 16.4. The molecule has 2 fully saturated rings. The lowest BCUT2D eigenvalue weighted by atomic mass is 9.91. The van der Waals surface area contributed by atoms with Crippen molar-refractivity contribution in [3.8, 4) is 22.8 Å². The summed E-state index contributed by atoms with van der Waals surface area (Å²) >= 11 is 0. The van der Waals surface area contributed by atoms with Gasteiger partial charge in [0.05, 0.1) is 6.20 Å². The van der Waals surface area contributed by atoms with Crippen LogP contribution < -0.4 is 20.7 Å². The minimum atomic E-state index is -0.615. The number of aromatic nitrogens is 3. The van der Waals surface area contributed by atoms with Crippen molar-refractivity contribution in [1.29, 1.82) is 0 Å². The van der Waals surface area contributed by atoms with Crippen molar-refractivity contribution in [3.05, 3.63) is 95.5 Å². The van der Waals surface area contributed by atoms with Crippen LogP contribution in [0.3, 0.4) is 0 Å². The fraction of sp³-hybridized carbons (Fsp3) is 0.463. The molecule has 4 aromatic rings. The summed E-state index contributed by atoms with van der Waals surface area (Å²) in [5.74, 6) is 0.325. The molecule has 11 heteroatoms. The summed E-state index contributed by atoms with van der Waals surface area (Å²) < 4.78 is 22.6. The Labute approximate surface area is 305 Å². The molecule has 0 spiro atoms. The van der Waals surface area contributed by atoms with Crippen molar-refractivity contribution in [3.63, 3.8) is 0 Å². The molecule has 2 amide bonds. The van der Waals surface area contributed by atoms with Crippen molar-refractivity contribution < 1.29 is 18.7 Å². The van der Waals surface area contributed by atoms with Gasteiger partial charge in [-0.2, -0.15) is 0 Å². The Balaban J connectivity index is 0.916. The summed E-state index contributed by atoms with van der Waals surface area (Å²) in [6.07, 6.45) is 11.0. The molecule has 274 valence electrons. The molecule has 2 aromatic carbocycles. The molecule has 3 N–H and O–H groups in total. The number of rotatable bonds is 11. The summed E-state index contributed by atoms with van der Waals surface area (Å²) in [6.45, 7) is 8.70. The molecule has 1 saturated carbocycles. The van der Waals surface area contributed by atoms with Gasteiger partial charge in [0.15, 0.2) is 0 Å². The van der Waals surface area contributed by atoms with Gasteiger partial charge in [0.2, 0.25) is 5.88 Å². The number of hydrogen-bond donors (Lipinski definition) is 3. The molecule has 4 heterocycles. The average molecular weight is 708 g/mol. The van der Waals surface area contributed by atoms with Crippen LogP contribution in [0.25, 0.3) is 11.1 Å². The number of amides is 2. The molecule has 1 saturated heterocycles. The molecule has 2 atom stereocenters. The second-order valence-electron chi connectivity index (χ2n) is 14.9. The number of pyridine rings is 1. The summed E-state index contributed by atoms with van der Waals surface area (Å²) in [4.78, 5) is 37.6. The van der Waals surface area contributed by atoms with E-state index in [1.54, 1.807) is 6.07 Å². The molecular weight excluding hydrogens is 657 g/mol. The second-order valence-corrected chi connectivity index (χ2v) is 14.9. The van der Waals surface area contributed by atoms with E-state index < -0.39 is 11.7 Å². The predicted molar refractivity (Wildman–Crippen MR) is 199 cm³/mol. The number of hydrogen-bond acceptors (Lipinski definition) is 7. The first-order chi connectivity index (χ1) is 25.3. The van der Waals surface area contributed by atoms with Crippen molar-refractivity contribution >= 4 is 11.8 Å². The summed E-state index contributed by atoms with van der Waals surface area (Å²) in [6, 6.07) is 18.4. The highest BCUT2D eigenvalue weighted by Crippen LogP contribution is 2.30. The lowest BCUT2D eigenvalue weighted by Gasteiger charge is -2.36. The van der Waals surface area contributed by atoms with Gasteiger partial charge in [-0.05, 0) is 107 Å². The van der Waals surface area contributed by atoms with Crippen molar-refractivity contribution in [2.45, 2.75) is 102 Å². The minimum Gasteiger partial charge on any atom is -0.438 e. The number of imidazole rings is 1. The van der Waals surface area contributed by atoms with E-state index in [0.29, 0.717) is 36.4 Å². The molecular formula is C41H50FN7O3. The molecule has 1 aliphatic carbocycles. The summed E-state index contributed by atoms with van der Waals surface area (Å²) in [7, 11) is 0. The van der Waals surface area contributed by atoms with E-state index in [1.165, 1.54) is 11.6 Å². The number of halogens is 1. The van der Waals surface area contributed by atoms with Gasteiger partial charge in [-0.1, -0.05) is 36.4 Å². The fourth-order valence-corrected chi connectivity index (χ4v) is 7.94. The van der Waals surface area contributed by atoms with E-state index in [2.05, 4.69) is 73.5 Å². The first-order valence-corrected chi connectivity index (χ1v) is 18.9. The monoisotopic (exact) mass is 707 g/mol. The highest BCUT2D eigenvalue weighted by molar-refractivity contribution is 5.96. The Morgan fingerprint density at radius 1 is 0.923 bits per heavy atom. The number of fused-ring (bicyclic) bond motifs is 1. The van der Waals surface area contributed by atoms with Crippen molar-refractivity contribution in [1.82, 2.24) is 35.4 Å². The Morgan fingerprint density at radius 3 is 2.38 bits per heavy atom. The molecule has 52 heavy (non-hydrogen) atoms. The zero-order chi connectivity index (χ0) is 36.0. The smallest absolute Gasteiger partial charge is 0.271 e. The Hall–Kier alpha value is -4.61. The number of nitrogens with one attached hydrogen (secondary N) is 3. The molecule has 2 aromatic heterocycles. The number of carbonyl (C=O) groups is 2. The molecule has 0 bridgehead atoms. The number of carbonyl (C=O) groups excluding carboxylic acids is 2. The van der Waals surface area contributed by atoms with E-state index in [9.17, 15) is 14.0 Å². The topological polar surface area (TPSA) is 113 Å². The normalized spacial score (nSPS) is 22.0. The third kappa shape index (κ3) is 9.05. The quantitative estimate of drug-likeness (QED) is 0.168. The van der Waals surface area contributed by atoms with E-state index in [4.69, 9.17) is 4.74 Å². The zero-order valence-corrected chi connectivity index (χ0v) is 30.2. The largest absolute Gasteiger partial charge is 0.438 e.